The monoisotopic (exact) mass is 287 g/mol. The quantitative estimate of drug-likeness (QED) is 0.666. The molecule has 2 nitrogen and oxygen atoms in total. The Morgan fingerprint density at radius 1 is 1.50 bits per heavy atom. The summed E-state index contributed by atoms with van der Waals surface area (Å²) in [5.74, 6) is -0.221. The molecule has 0 unspecified atom stereocenters. The summed E-state index contributed by atoms with van der Waals surface area (Å²) in [4.78, 5) is 10.2. The van der Waals surface area contributed by atoms with E-state index in [1.807, 2.05) is 13.8 Å². The fourth-order valence-electron chi connectivity index (χ4n) is 1.55. The summed E-state index contributed by atoms with van der Waals surface area (Å²) in [6.45, 7) is 4.73. The number of halogens is 2. The minimum Gasteiger partial charge on any atom is -0.309 e. The molecule has 4 heteroatoms. The second kappa shape index (κ2) is 5.55. The molecule has 1 N–H and O–H groups in total. The van der Waals surface area contributed by atoms with E-state index in [1.165, 1.54) is 6.07 Å². The Morgan fingerprint density at radius 3 is 2.81 bits per heavy atom. The van der Waals surface area contributed by atoms with Gasteiger partial charge in [0.05, 0.1) is 6.54 Å². The summed E-state index contributed by atoms with van der Waals surface area (Å²) < 4.78 is 14.5. The zero-order chi connectivity index (χ0) is 12.2. The zero-order valence-corrected chi connectivity index (χ0v) is 11.0. The number of hydrogen-bond acceptors (Lipinski definition) is 2. The number of benzene rings is 1. The van der Waals surface area contributed by atoms with Gasteiger partial charge in [-0.1, -0.05) is 29.8 Å². The van der Waals surface area contributed by atoms with Crippen LogP contribution in [0.1, 0.15) is 19.4 Å². The Balaban J connectivity index is 2.87. The number of carbonyl (C=O) groups excluding carboxylic acids is 1. The molecule has 0 radical (unpaired) electrons. The summed E-state index contributed by atoms with van der Waals surface area (Å²) in [6.07, 6.45) is 0.799. The van der Waals surface area contributed by atoms with Gasteiger partial charge in [0, 0.05) is 16.4 Å². The highest BCUT2D eigenvalue weighted by atomic mass is 79.9. The van der Waals surface area contributed by atoms with Gasteiger partial charge in [0.1, 0.15) is 12.1 Å². The van der Waals surface area contributed by atoms with Crippen molar-refractivity contribution in [3.63, 3.8) is 0 Å². The Bertz CT molecular complexity index is 379. The van der Waals surface area contributed by atoms with E-state index in [-0.39, 0.29) is 11.2 Å². The average Bonchev–Trinajstić information content (AvgIpc) is 2.22. The second-order valence-electron chi connectivity index (χ2n) is 4.31. The highest BCUT2D eigenvalue weighted by Crippen LogP contribution is 2.27. The lowest BCUT2D eigenvalue weighted by Crippen LogP contribution is -2.34. The van der Waals surface area contributed by atoms with Crippen LogP contribution in [0.25, 0.3) is 0 Å². The molecule has 0 bridgehead atoms. The molecule has 1 rings (SSSR count). The molecule has 16 heavy (non-hydrogen) atoms. The highest BCUT2D eigenvalue weighted by molar-refractivity contribution is 9.10. The number of nitrogens with one attached hydrogen (secondary N) is 1. The lowest BCUT2D eigenvalue weighted by atomic mass is 9.84. The first-order chi connectivity index (χ1) is 7.47. The fraction of sp³-hybridized carbons (Fsp3) is 0.417. The highest BCUT2D eigenvalue weighted by Gasteiger charge is 2.23. The molecule has 0 spiro atoms. The minimum absolute atomic E-state index is 0.221. The van der Waals surface area contributed by atoms with Crippen molar-refractivity contribution >= 4 is 22.2 Å². The Hall–Kier alpha value is -0.740. The van der Waals surface area contributed by atoms with Crippen molar-refractivity contribution in [3.8, 4) is 0 Å². The van der Waals surface area contributed by atoms with Crippen LogP contribution in [-0.4, -0.2) is 19.4 Å². The largest absolute Gasteiger partial charge is 0.309 e. The molecule has 0 heterocycles. The van der Waals surface area contributed by atoms with Gasteiger partial charge < -0.3 is 10.1 Å². The van der Waals surface area contributed by atoms with E-state index in [9.17, 15) is 9.18 Å². The molecule has 0 aliphatic carbocycles. The van der Waals surface area contributed by atoms with Crippen molar-refractivity contribution in [2.24, 2.45) is 0 Å². The van der Waals surface area contributed by atoms with E-state index in [0.717, 1.165) is 10.8 Å². The molecule has 0 amide bonds. The molecule has 0 saturated heterocycles. The van der Waals surface area contributed by atoms with Crippen LogP contribution in [0.2, 0.25) is 0 Å². The van der Waals surface area contributed by atoms with Crippen LogP contribution in [0.4, 0.5) is 4.39 Å². The first kappa shape index (κ1) is 13.3. The summed E-state index contributed by atoms with van der Waals surface area (Å²) in [6, 6.07) is 4.90. The van der Waals surface area contributed by atoms with Crippen LogP contribution in [-0.2, 0) is 10.2 Å². The molecule has 0 aromatic heterocycles. The molecular weight excluding hydrogens is 273 g/mol. The van der Waals surface area contributed by atoms with Crippen molar-refractivity contribution < 1.29 is 9.18 Å². The lowest BCUT2D eigenvalue weighted by molar-refractivity contribution is -0.107. The Kier molecular flexibility index (Phi) is 4.62. The third-order valence-electron chi connectivity index (χ3n) is 2.45. The predicted octanol–water partition coefficient (Wildman–Crippen LogP) is 2.65. The van der Waals surface area contributed by atoms with E-state index in [4.69, 9.17) is 0 Å². The van der Waals surface area contributed by atoms with Gasteiger partial charge in [0.2, 0.25) is 0 Å². The van der Waals surface area contributed by atoms with Gasteiger partial charge in [0.15, 0.2) is 0 Å². The van der Waals surface area contributed by atoms with Crippen molar-refractivity contribution in [1.29, 1.82) is 0 Å². The van der Waals surface area contributed by atoms with Gasteiger partial charge >= 0.3 is 0 Å². The molecule has 1 aromatic rings. The average molecular weight is 288 g/mol. The molecular formula is C12H15BrFNO. The maximum atomic E-state index is 13.7. The lowest BCUT2D eigenvalue weighted by Gasteiger charge is -2.26. The second-order valence-corrected chi connectivity index (χ2v) is 5.22. The van der Waals surface area contributed by atoms with Gasteiger partial charge in [0.25, 0.3) is 0 Å². The maximum absolute atomic E-state index is 13.7. The first-order valence-electron chi connectivity index (χ1n) is 5.07. The fourth-order valence-corrected chi connectivity index (χ4v) is 1.92. The molecule has 0 fully saturated rings. The summed E-state index contributed by atoms with van der Waals surface area (Å²) in [5, 5.41) is 2.97. The zero-order valence-electron chi connectivity index (χ0n) is 9.39. The number of aldehydes is 1. The minimum atomic E-state index is -0.350. The van der Waals surface area contributed by atoms with E-state index in [1.54, 1.807) is 12.1 Å². The predicted molar refractivity (Wildman–Crippen MR) is 66.1 cm³/mol. The Morgan fingerprint density at radius 2 is 2.19 bits per heavy atom. The molecule has 0 aliphatic rings. The third-order valence-corrected chi connectivity index (χ3v) is 2.95. The summed E-state index contributed by atoms with van der Waals surface area (Å²) in [7, 11) is 0. The standard InChI is InChI=1S/C12H15BrFNO/c1-12(2,8-15-5-6-16)10-7-9(13)3-4-11(10)14/h3-4,6-7,15H,5,8H2,1-2H3. The van der Waals surface area contributed by atoms with Crippen LogP contribution in [0.3, 0.4) is 0 Å². The molecule has 1 aromatic carbocycles. The van der Waals surface area contributed by atoms with Crippen LogP contribution >= 0.6 is 15.9 Å². The SMILES string of the molecule is CC(C)(CNCC=O)c1cc(Br)ccc1F. The van der Waals surface area contributed by atoms with E-state index in [2.05, 4.69) is 21.2 Å². The van der Waals surface area contributed by atoms with Crippen LogP contribution < -0.4 is 5.32 Å². The Labute approximate surface area is 103 Å². The number of hydrogen-bond donors (Lipinski definition) is 1. The van der Waals surface area contributed by atoms with Gasteiger partial charge in [-0.05, 0) is 23.8 Å². The van der Waals surface area contributed by atoms with Crippen LogP contribution in [0.15, 0.2) is 22.7 Å². The van der Waals surface area contributed by atoms with Gasteiger partial charge in [-0.3, -0.25) is 0 Å². The molecule has 0 atom stereocenters. The van der Waals surface area contributed by atoms with E-state index in [0.29, 0.717) is 18.7 Å². The normalized spacial score (nSPS) is 11.5. The van der Waals surface area contributed by atoms with Crippen molar-refractivity contribution in [1.82, 2.24) is 5.32 Å². The topological polar surface area (TPSA) is 29.1 Å². The molecule has 88 valence electrons. The third kappa shape index (κ3) is 3.39. The number of rotatable bonds is 5. The van der Waals surface area contributed by atoms with E-state index < -0.39 is 0 Å². The smallest absolute Gasteiger partial charge is 0.133 e. The number of carbonyl (C=O) groups is 1. The van der Waals surface area contributed by atoms with Gasteiger partial charge in [-0.15, -0.1) is 0 Å². The van der Waals surface area contributed by atoms with Crippen molar-refractivity contribution in [2.75, 3.05) is 13.1 Å². The van der Waals surface area contributed by atoms with Gasteiger partial charge in [-0.25, -0.2) is 4.39 Å². The van der Waals surface area contributed by atoms with Gasteiger partial charge in [-0.2, -0.15) is 0 Å². The van der Waals surface area contributed by atoms with Crippen LogP contribution in [0.5, 0.6) is 0 Å². The van der Waals surface area contributed by atoms with Crippen molar-refractivity contribution in [3.05, 3.63) is 34.1 Å². The van der Waals surface area contributed by atoms with E-state index >= 15 is 0 Å². The van der Waals surface area contributed by atoms with Crippen molar-refractivity contribution in [2.45, 2.75) is 19.3 Å². The first-order valence-corrected chi connectivity index (χ1v) is 5.86. The molecule has 0 aliphatic heterocycles. The molecule has 0 saturated carbocycles. The maximum Gasteiger partial charge on any atom is 0.133 e. The van der Waals surface area contributed by atoms with Crippen LogP contribution in [0, 0.1) is 5.82 Å². The summed E-state index contributed by atoms with van der Waals surface area (Å²) in [5.41, 5.74) is 0.289. The summed E-state index contributed by atoms with van der Waals surface area (Å²) >= 11 is 3.33.